The van der Waals surface area contributed by atoms with E-state index in [-0.39, 0.29) is 0 Å². The van der Waals surface area contributed by atoms with Crippen LogP contribution in [0, 0.1) is 10.8 Å². The predicted octanol–water partition coefficient (Wildman–Crippen LogP) is 3.52. The van der Waals surface area contributed by atoms with Crippen LogP contribution in [-0.2, 0) is 0 Å². The molecule has 0 saturated carbocycles. The molecule has 1 N–H and O–H groups in total. The molecule has 0 amide bonds. The summed E-state index contributed by atoms with van der Waals surface area (Å²) in [5, 5.41) is 3.49. The van der Waals surface area contributed by atoms with Crippen LogP contribution in [0.1, 0.15) is 60.3 Å². The zero-order valence-corrected chi connectivity index (χ0v) is 13.3. The van der Waals surface area contributed by atoms with Crippen molar-refractivity contribution in [2.24, 2.45) is 10.8 Å². The van der Waals surface area contributed by atoms with Gasteiger partial charge in [-0.15, -0.1) is 0 Å². The van der Waals surface area contributed by atoms with Crippen molar-refractivity contribution < 1.29 is 0 Å². The van der Waals surface area contributed by atoms with Gasteiger partial charge in [-0.05, 0) is 62.7 Å². The molecule has 0 aromatic heterocycles. The average Bonchev–Trinajstić information content (AvgIpc) is 2.35. The van der Waals surface area contributed by atoms with E-state index in [1.54, 1.807) is 0 Å². The van der Waals surface area contributed by atoms with E-state index in [0.29, 0.717) is 10.8 Å². The monoisotopic (exact) mass is 254 g/mol. The van der Waals surface area contributed by atoms with E-state index in [1.807, 2.05) is 13.8 Å². The predicted molar refractivity (Wildman–Crippen MR) is 81.0 cm³/mol. The van der Waals surface area contributed by atoms with Crippen molar-refractivity contribution >= 4 is 0 Å². The second-order valence-electron chi connectivity index (χ2n) is 7.09. The Balaban J connectivity index is 0.000000771. The van der Waals surface area contributed by atoms with Gasteiger partial charge in [0, 0.05) is 6.54 Å². The molecule has 0 aromatic carbocycles. The van der Waals surface area contributed by atoms with Gasteiger partial charge in [0.05, 0.1) is 0 Å². The van der Waals surface area contributed by atoms with Crippen LogP contribution in [0.2, 0.25) is 0 Å². The van der Waals surface area contributed by atoms with Gasteiger partial charge in [0.25, 0.3) is 0 Å². The van der Waals surface area contributed by atoms with Gasteiger partial charge in [0.2, 0.25) is 0 Å². The highest BCUT2D eigenvalue weighted by Crippen LogP contribution is 2.39. The fourth-order valence-electron chi connectivity index (χ4n) is 3.31. The third-order valence-corrected chi connectivity index (χ3v) is 4.28. The van der Waals surface area contributed by atoms with E-state index in [0.717, 1.165) is 0 Å². The third-order valence-electron chi connectivity index (χ3n) is 4.28. The Morgan fingerprint density at radius 2 is 1.44 bits per heavy atom. The molecule has 2 aliphatic heterocycles. The Morgan fingerprint density at radius 3 is 1.89 bits per heavy atom. The highest BCUT2D eigenvalue weighted by atomic mass is 15.1. The maximum absolute atomic E-state index is 3.49. The van der Waals surface area contributed by atoms with E-state index in [9.17, 15) is 0 Å². The first-order chi connectivity index (χ1) is 8.49. The third kappa shape index (κ3) is 4.89. The Hall–Kier alpha value is -0.0800. The van der Waals surface area contributed by atoms with Gasteiger partial charge in [0.15, 0.2) is 0 Å². The van der Waals surface area contributed by atoms with Crippen LogP contribution in [0.15, 0.2) is 0 Å². The Bertz CT molecular complexity index is 214. The van der Waals surface area contributed by atoms with E-state index in [1.165, 1.54) is 58.4 Å². The van der Waals surface area contributed by atoms with E-state index in [2.05, 4.69) is 31.0 Å². The molecule has 108 valence electrons. The lowest BCUT2D eigenvalue weighted by atomic mass is 9.71. The first-order valence-corrected chi connectivity index (χ1v) is 7.92. The van der Waals surface area contributed by atoms with Crippen molar-refractivity contribution in [3.8, 4) is 0 Å². The topological polar surface area (TPSA) is 15.3 Å². The molecule has 2 heteroatoms. The number of likely N-dealkylation sites (tertiary alicyclic amines) is 1. The largest absolute Gasteiger partial charge is 0.317 e. The Morgan fingerprint density at radius 1 is 0.944 bits per heavy atom. The summed E-state index contributed by atoms with van der Waals surface area (Å²) >= 11 is 0. The SMILES string of the molecule is CC.CC(C)(C)CN1CCC2(CCNCC2)CC1. The van der Waals surface area contributed by atoms with Gasteiger partial charge >= 0.3 is 0 Å². The number of hydrogen-bond donors (Lipinski definition) is 1. The van der Waals surface area contributed by atoms with Crippen LogP contribution in [0.3, 0.4) is 0 Å². The van der Waals surface area contributed by atoms with E-state index >= 15 is 0 Å². The standard InChI is InChI=1S/C14H28N2.C2H6/c1-13(2,3)12-16-10-6-14(7-11-16)4-8-15-9-5-14;1-2/h15H,4-12H2,1-3H3;1-2H3. The minimum atomic E-state index is 0.457. The van der Waals surface area contributed by atoms with Gasteiger partial charge in [-0.3, -0.25) is 0 Å². The lowest BCUT2D eigenvalue weighted by Crippen LogP contribution is -2.47. The second kappa shape index (κ2) is 6.91. The van der Waals surface area contributed by atoms with E-state index < -0.39 is 0 Å². The average molecular weight is 254 g/mol. The maximum atomic E-state index is 3.49. The van der Waals surface area contributed by atoms with E-state index in [4.69, 9.17) is 0 Å². The second-order valence-corrected chi connectivity index (χ2v) is 7.09. The Kier molecular flexibility index (Phi) is 6.13. The van der Waals surface area contributed by atoms with Crippen molar-refractivity contribution in [2.75, 3.05) is 32.7 Å². The van der Waals surface area contributed by atoms with Gasteiger partial charge in [-0.25, -0.2) is 0 Å². The molecule has 2 nitrogen and oxygen atoms in total. The van der Waals surface area contributed by atoms with Crippen LogP contribution >= 0.6 is 0 Å². The van der Waals surface area contributed by atoms with Crippen LogP contribution in [0.5, 0.6) is 0 Å². The number of hydrogen-bond acceptors (Lipinski definition) is 2. The van der Waals surface area contributed by atoms with Crippen molar-refractivity contribution in [3.05, 3.63) is 0 Å². The summed E-state index contributed by atoms with van der Waals surface area (Å²) in [6.07, 6.45) is 5.70. The molecule has 0 aromatic rings. The van der Waals surface area contributed by atoms with Gasteiger partial charge < -0.3 is 10.2 Å². The number of nitrogens with zero attached hydrogens (tertiary/aromatic N) is 1. The molecule has 18 heavy (non-hydrogen) atoms. The number of rotatable bonds is 1. The molecular weight excluding hydrogens is 220 g/mol. The maximum Gasteiger partial charge on any atom is 0.00300 e. The van der Waals surface area contributed by atoms with Crippen molar-refractivity contribution in [1.82, 2.24) is 10.2 Å². The van der Waals surface area contributed by atoms with Crippen LogP contribution < -0.4 is 5.32 Å². The van der Waals surface area contributed by atoms with Gasteiger partial charge in [0.1, 0.15) is 0 Å². The first kappa shape index (κ1) is 16.0. The Labute approximate surface area is 115 Å². The molecule has 2 aliphatic rings. The zero-order chi connectivity index (χ0) is 13.6. The number of piperidine rings is 2. The molecule has 0 radical (unpaired) electrons. The van der Waals surface area contributed by atoms with Gasteiger partial charge in [-0.2, -0.15) is 0 Å². The minimum Gasteiger partial charge on any atom is -0.317 e. The first-order valence-electron chi connectivity index (χ1n) is 7.92. The molecule has 0 aliphatic carbocycles. The summed E-state index contributed by atoms with van der Waals surface area (Å²) in [5.41, 5.74) is 1.16. The molecule has 2 saturated heterocycles. The minimum absolute atomic E-state index is 0.457. The summed E-state index contributed by atoms with van der Waals surface area (Å²) in [5.74, 6) is 0. The number of nitrogens with one attached hydrogen (secondary N) is 1. The molecule has 2 heterocycles. The molecule has 2 rings (SSSR count). The summed E-state index contributed by atoms with van der Waals surface area (Å²) < 4.78 is 0. The molecule has 0 bridgehead atoms. The lowest BCUT2D eigenvalue weighted by molar-refractivity contribution is 0.0564. The lowest BCUT2D eigenvalue weighted by Gasteiger charge is -2.45. The summed E-state index contributed by atoms with van der Waals surface area (Å²) in [6.45, 7) is 17.5. The fourth-order valence-corrected chi connectivity index (χ4v) is 3.31. The smallest absolute Gasteiger partial charge is 0.00300 e. The highest BCUT2D eigenvalue weighted by molar-refractivity contribution is 4.90. The molecule has 1 spiro atoms. The summed E-state index contributed by atoms with van der Waals surface area (Å²) in [6, 6.07) is 0. The normalized spacial score (nSPS) is 24.5. The van der Waals surface area contributed by atoms with Crippen LogP contribution in [0.4, 0.5) is 0 Å². The summed E-state index contributed by atoms with van der Waals surface area (Å²) in [4.78, 5) is 2.67. The van der Waals surface area contributed by atoms with Crippen molar-refractivity contribution in [3.63, 3.8) is 0 Å². The molecule has 2 fully saturated rings. The molecule has 0 atom stereocenters. The summed E-state index contributed by atoms with van der Waals surface area (Å²) in [7, 11) is 0. The van der Waals surface area contributed by atoms with Crippen LogP contribution in [-0.4, -0.2) is 37.6 Å². The fraction of sp³-hybridized carbons (Fsp3) is 1.00. The zero-order valence-electron chi connectivity index (χ0n) is 13.3. The molecule has 0 unspecified atom stereocenters. The molecular formula is C16H34N2. The quantitative estimate of drug-likeness (QED) is 0.770. The van der Waals surface area contributed by atoms with Gasteiger partial charge in [-0.1, -0.05) is 34.6 Å². The highest BCUT2D eigenvalue weighted by Gasteiger charge is 2.35. The van der Waals surface area contributed by atoms with Crippen LogP contribution in [0.25, 0.3) is 0 Å². The van der Waals surface area contributed by atoms with Crippen molar-refractivity contribution in [1.29, 1.82) is 0 Å². The van der Waals surface area contributed by atoms with Crippen molar-refractivity contribution in [2.45, 2.75) is 60.3 Å².